The average molecular weight is 217 g/mol. The summed E-state index contributed by atoms with van der Waals surface area (Å²) in [5, 5.41) is 0. The SMILES string of the molecule is CCCc1n[se]c(CCC)n1. The Morgan fingerprint density at radius 1 is 1.18 bits per heavy atom. The van der Waals surface area contributed by atoms with Gasteiger partial charge in [-0.3, -0.25) is 0 Å². The number of rotatable bonds is 4. The zero-order valence-electron chi connectivity index (χ0n) is 7.13. The molecule has 0 saturated carbocycles. The fourth-order valence-corrected chi connectivity index (χ4v) is 2.58. The average Bonchev–Trinajstić information content (AvgIpc) is 2.38. The summed E-state index contributed by atoms with van der Waals surface area (Å²) in [7, 11) is 0. The normalized spacial score (nSPS) is 10.4. The predicted octanol–water partition coefficient (Wildman–Crippen LogP) is 1.44. The molecule has 0 aliphatic carbocycles. The van der Waals surface area contributed by atoms with E-state index in [1.54, 1.807) is 0 Å². The number of aromatic nitrogens is 2. The van der Waals surface area contributed by atoms with Crippen LogP contribution in [0.15, 0.2) is 0 Å². The van der Waals surface area contributed by atoms with Crippen molar-refractivity contribution in [2.24, 2.45) is 0 Å². The molecule has 0 aliphatic rings. The van der Waals surface area contributed by atoms with Crippen LogP contribution in [0, 0.1) is 0 Å². The van der Waals surface area contributed by atoms with Crippen molar-refractivity contribution in [1.29, 1.82) is 0 Å². The fraction of sp³-hybridized carbons (Fsp3) is 0.750. The van der Waals surface area contributed by atoms with E-state index < -0.39 is 0 Å². The van der Waals surface area contributed by atoms with E-state index in [-0.39, 0.29) is 0 Å². The molecule has 11 heavy (non-hydrogen) atoms. The molecule has 3 heteroatoms. The first-order valence-corrected chi connectivity index (χ1v) is 5.80. The summed E-state index contributed by atoms with van der Waals surface area (Å²) in [6, 6.07) is 0. The molecule has 0 aliphatic heterocycles. The topological polar surface area (TPSA) is 25.8 Å². The molecule has 1 rings (SSSR count). The van der Waals surface area contributed by atoms with Gasteiger partial charge in [0.05, 0.1) is 0 Å². The second-order valence-electron chi connectivity index (χ2n) is 2.60. The molecule has 1 heterocycles. The van der Waals surface area contributed by atoms with Crippen LogP contribution in [0.5, 0.6) is 0 Å². The summed E-state index contributed by atoms with van der Waals surface area (Å²) >= 11 is 0.348. The Hall–Kier alpha value is -0.141. The first-order chi connectivity index (χ1) is 5.36. The van der Waals surface area contributed by atoms with Gasteiger partial charge in [0.2, 0.25) is 0 Å². The van der Waals surface area contributed by atoms with Crippen LogP contribution in [0.2, 0.25) is 0 Å². The van der Waals surface area contributed by atoms with Gasteiger partial charge in [0.25, 0.3) is 0 Å². The van der Waals surface area contributed by atoms with Gasteiger partial charge in [-0.1, -0.05) is 0 Å². The number of hydrogen-bond acceptors (Lipinski definition) is 2. The molecule has 0 saturated heterocycles. The van der Waals surface area contributed by atoms with Crippen LogP contribution in [-0.2, 0) is 12.8 Å². The molecule has 1 aromatic rings. The van der Waals surface area contributed by atoms with Gasteiger partial charge in [0.1, 0.15) is 0 Å². The van der Waals surface area contributed by atoms with Gasteiger partial charge in [-0.2, -0.15) is 0 Å². The minimum atomic E-state index is 0.348. The van der Waals surface area contributed by atoms with Crippen LogP contribution in [0.1, 0.15) is 37.1 Å². The Labute approximate surface area is 74.0 Å². The van der Waals surface area contributed by atoms with Crippen LogP contribution >= 0.6 is 0 Å². The predicted molar refractivity (Wildman–Crippen MR) is 47.0 cm³/mol. The van der Waals surface area contributed by atoms with Crippen molar-refractivity contribution in [1.82, 2.24) is 8.96 Å². The second kappa shape index (κ2) is 4.68. The first kappa shape index (κ1) is 8.95. The zero-order valence-corrected chi connectivity index (χ0v) is 8.84. The molecule has 0 spiro atoms. The minimum absolute atomic E-state index is 0.348. The van der Waals surface area contributed by atoms with Gasteiger partial charge in [-0.15, -0.1) is 0 Å². The molecule has 0 radical (unpaired) electrons. The Morgan fingerprint density at radius 3 is 2.55 bits per heavy atom. The molecular weight excluding hydrogens is 203 g/mol. The molecule has 0 aromatic carbocycles. The molecule has 0 fully saturated rings. The Balaban J connectivity index is 2.51. The Kier molecular flexibility index (Phi) is 3.81. The molecule has 0 atom stereocenters. The van der Waals surface area contributed by atoms with E-state index in [4.69, 9.17) is 0 Å². The number of hydrogen-bond donors (Lipinski definition) is 0. The van der Waals surface area contributed by atoms with Gasteiger partial charge in [0.15, 0.2) is 0 Å². The zero-order chi connectivity index (χ0) is 8.10. The van der Waals surface area contributed by atoms with E-state index in [2.05, 4.69) is 22.8 Å². The summed E-state index contributed by atoms with van der Waals surface area (Å²) < 4.78 is 5.74. The molecule has 2 nitrogen and oxygen atoms in total. The number of aryl methyl sites for hydroxylation is 2. The summed E-state index contributed by atoms with van der Waals surface area (Å²) in [6.07, 6.45) is 4.58. The number of nitrogens with zero attached hydrogens (tertiary/aromatic N) is 2. The molecule has 0 bridgehead atoms. The van der Waals surface area contributed by atoms with Crippen molar-refractivity contribution in [3.63, 3.8) is 0 Å². The third-order valence-corrected chi connectivity index (χ3v) is 3.14. The van der Waals surface area contributed by atoms with Gasteiger partial charge in [-0.05, 0) is 0 Å². The first-order valence-electron chi connectivity index (χ1n) is 4.18. The van der Waals surface area contributed by atoms with E-state index in [9.17, 15) is 0 Å². The monoisotopic (exact) mass is 218 g/mol. The van der Waals surface area contributed by atoms with E-state index in [0.29, 0.717) is 14.7 Å². The summed E-state index contributed by atoms with van der Waals surface area (Å²) in [4.78, 5) is 4.46. The van der Waals surface area contributed by atoms with Crippen molar-refractivity contribution in [2.75, 3.05) is 0 Å². The Bertz CT molecular complexity index is 187. The molecule has 62 valence electrons. The summed E-state index contributed by atoms with van der Waals surface area (Å²) in [5.41, 5.74) is 0. The van der Waals surface area contributed by atoms with E-state index in [1.165, 1.54) is 11.0 Å². The van der Waals surface area contributed by atoms with Crippen LogP contribution in [0.4, 0.5) is 0 Å². The van der Waals surface area contributed by atoms with Crippen molar-refractivity contribution in [2.45, 2.75) is 39.5 Å². The van der Waals surface area contributed by atoms with Crippen molar-refractivity contribution < 1.29 is 0 Å². The van der Waals surface area contributed by atoms with Crippen molar-refractivity contribution in [3.05, 3.63) is 10.4 Å². The van der Waals surface area contributed by atoms with Crippen molar-refractivity contribution >= 4 is 14.7 Å². The maximum absolute atomic E-state index is 4.46. The summed E-state index contributed by atoms with van der Waals surface area (Å²) in [5.74, 6) is 1.09. The second-order valence-corrected chi connectivity index (χ2v) is 4.36. The van der Waals surface area contributed by atoms with Crippen LogP contribution < -0.4 is 0 Å². The van der Waals surface area contributed by atoms with Gasteiger partial charge < -0.3 is 0 Å². The maximum atomic E-state index is 4.46. The standard InChI is InChI=1S/C8H14N2Se/c1-3-5-7-9-8(6-4-2)11-10-7/h3-6H2,1-2H3. The van der Waals surface area contributed by atoms with Crippen LogP contribution in [-0.4, -0.2) is 23.7 Å². The van der Waals surface area contributed by atoms with Crippen LogP contribution in [0.3, 0.4) is 0 Å². The molecule has 0 amide bonds. The molecular formula is C8H14N2Se. The summed E-state index contributed by atoms with van der Waals surface area (Å²) in [6.45, 7) is 4.36. The third-order valence-electron chi connectivity index (χ3n) is 1.45. The molecule has 0 unspecified atom stereocenters. The van der Waals surface area contributed by atoms with Crippen LogP contribution in [0.25, 0.3) is 0 Å². The van der Waals surface area contributed by atoms with E-state index in [1.807, 2.05) is 0 Å². The van der Waals surface area contributed by atoms with E-state index in [0.717, 1.165) is 25.1 Å². The molecule has 1 aromatic heterocycles. The quantitative estimate of drug-likeness (QED) is 0.713. The van der Waals surface area contributed by atoms with Gasteiger partial charge >= 0.3 is 73.6 Å². The fourth-order valence-electron chi connectivity index (χ4n) is 0.931. The van der Waals surface area contributed by atoms with Gasteiger partial charge in [0, 0.05) is 0 Å². The molecule has 0 N–H and O–H groups in total. The van der Waals surface area contributed by atoms with Gasteiger partial charge in [-0.25, -0.2) is 0 Å². The van der Waals surface area contributed by atoms with Crippen molar-refractivity contribution in [3.8, 4) is 0 Å². The van der Waals surface area contributed by atoms with E-state index >= 15 is 0 Å². The third kappa shape index (κ3) is 2.76. The Morgan fingerprint density at radius 2 is 1.91 bits per heavy atom.